The number of nitrogens with zero attached hydrogens (tertiary/aromatic N) is 3. The number of likely N-dealkylation sites (N-methyl/N-ethyl adjacent to an activating group) is 1. The van der Waals surface area contributed by atoms with E-state index in [9.17, 15) is 9.59 Å². The smallest absolute Gasteiger partial charge is 0.248 e. The van der Waals surface area contributed by atoms with Crippen molar-refractivity contribution in [2.24, 2.45) is 5.41 Å². The molecular weight excluding hydrogens is 418 g/mol. The van der Waals surface area contributed by atoms with Gasteiger partial charge in [0.2, 0.25) is 11.8 Å². The highest BCUT2D eigenvalue weighted by Gasteiger charge is 2.41. The molecule has 7 nitrogen and oxygen atoms in total. The number of carbonyl (C=O) groups is 2. The van der Waals surface area contributed by atoms with Crippen molar-refractivity contribution in [1.29, 1.82) is 0 Å². The zero-order chi connectivity index (χ0) is 22.3. The molecule has 2 aliphatic heterocycles. The van der Waals surface area contributed by atoms with Gasteiger partial charge in [0.15, 0.2) is 0 Å². The lowest BCUT2D eigenvalue weighted by Crippen LogP contribution is -2.53. The van der Waals surface area contributed by atoms with Crippen LogP contribution in [0.25, 0.3) is 0 Å². The minimum absolute atomic E-state index is 0.0271. The van der Waals surface area contributed by atoms with E-state index in [-0.39, 0.29) is 18.4 Å². The highest BCUT2D eigenvalue weighted by molar-refractivity contribution is 6.30. The van der Waals surface area contributed by atoms with Gasteiger partial charge in [-0.25, -0.2) is 0 Å². The van der Waals surface area contributed by atoms with Crippen LogP contribution >= 0.6 is 11.6 Å². The second-order valence-corrected chi connectivity index (χ2v) is 9.10. The fourth-order valence-electron chi connectivity index (χ4n) is 4.30. The van der Waals surface area contributed by atoms with Crippen molar-refractivity contribution < 1.29 is 19.1 Å². The van der Waals surface area contributed by atoms with Crippen molar-refractivity contribution in [3.8, 4) is 5.75 Å². The van der Waals surface area contributed by atoms with Gasteiger partial charge in [0.25, 0.3) is 0 Å². The average Bonchev–Trinajstić information content (AvgIpc) is 2.77. The number of amides is 2. The molecule has 1 atom stereocenters. The van der Waals surface area contributed by atoms with Crippen molar-refractivity contribution in [2.45, 2.75) is 26.2 Å². The molecule has 2 aliphatic rings. The zero-order valence-electron chi connectivity index (χ0n) is 18.6. The van der Waals surface area contributed by atoms with E-state index >= 15 is 0 Å². The number of hydrogen-bond donors (Lipinski definition) is 0. The summed E-state index contributed by atoms with van der Waals surface area (Å²) in [6, 6.07) is 7.29. The van der Waals surface area contributed by atoms with Crippen molar-refractivity contribution in [3.63, 3.8) is 0 Å². The van der Waals surface area contributed by atoms with Gasteiger partial charge in [0.05, 0.1) is 6.61 Å². The molecule has 0 radical (unpaired) electrons. The third-order valence-corrected chi connectivity index (χ3v) is 6.40. The number of rotatable bonds is 8. The van der Waals surface area contributed by atoms with Gasteiger partial charge < -0.3 is 24.2 Å². The van der Waals surface area contributed by atoms with E-state index in [1.54, 1.807) is 12.1 Å². The summed E-state index contributed by atoms with van der Waals surface area (Å²) in [6.45, 7) is 7.27. The third-order valence-electron chi connectivity index (χ3n) is 6.17. The first-order valence-corrected chi connectivity index (χ1v) is 11.5. The van der Waals surface area contributed by atoms with Crippen molar-refractivity contribution in [2.75, 3.05) is 66.1 Å². The summed E-state index contributed by atoms with van der Waals surface area (Å²) in [5.41, 5.74) is -0.428. The highest BCUT2D eigenvalue weighted by atomic mass is 35.5. The first-order chi connectivity index (χ1) is 14.9. The highest BCUT2D eigenvalue weighted by Crippen LogP contribution is 2.35. The molecule has 0 unspecified atom stereocenters. The van der Waals surface area contributed by atoms with Crippen LogP contribution in [-0.4, -0.2) is 92.7 Å². The van der Waals surface area contributed by atoms with Crippen LogP contribution in [0.3, 0.4) is 0 Å². The van der Waals surface area contributed by atoms with Gasteiger partial charge in [-0.1, -0.05) is 17.7 Å². The van der Waals surface area contributed by atoms with E-state index in [1.807, 2.05) is 28.9 Å². The average molecular weight is 452 g/mol. The molecule has 2 saturated heterocycles. The fraction of sp³-hybridized carbons (Fsp3) is 0.652. The second kappa shape index (κ2) is 11.2. The maximum atomic E-state index is 13.2. The molecule has 2 amide bonds. The summed E-state index contributed by atoms with van der Waals surface area (Å²) in [6.07, 6.45) is 2.05. The van der Waals surface area contributed by atoms with Crippen molar-refractivity contribution in [1.82, 2.24) is 14.7 Å². The molecule has 0 bridgehead atoms. The molecule has 0 spiro atoms. The Labute approximate surface area is 190 Å². The van der Waals surface area contributed by atoms with Crippen LogP contribution < -0.4 is 4.74 Å². The van der Waals surface area contributed by atoms with Gasteiger partial charge in [-0.15, -0.1) is 0 Å². The molecule has 2 heterocycles. The second-order valence-electron chi connectivity index (χ2n) is 8.66. The Kier molecular flexibility index (Phi) is 8.58. The number of hydrogen-bond acceptors (Lipinski definition) is 5. The quantitative estimate of drug-likeness (QED) is 0.607. The summed E-state index contributed by atoms with van der Waals surface area (Å²) in [4.78, 5) is 31.8. The summed E-state index contributed by atoms with van der Waals surface area (Å²) < 4.78 is 11.4. The van der Waals surface area contributed by atoms with Crippen LogP contribution in [0.4, 0.5) is 0 Å². The Morgan fingerprint density at radius 2 is 1.87 bits per heavy atom. The minimum Gasteiger partial charge on any atom is -0.493 e. The van der Waals surface area contributed by atoms with E-state index in [1.165, 1.54) is 0 Å². The molecule has 0 aromatic heterocycles. The number of piperazine rings is 1. The largest absolute Gasteiger partial charge is 0.493 e. The Bertz CT molecular complexity index is 754. The minimum atomic E-state index is -0.428. The van der Waals surface area contributed by atoms with Crippen LogP contribution in [0.2, 0.25) is 5.02 Å². The summed E-state index contributed by atoms with van der Waals surface area (Å²) >= 11 is 6.10. The van der Waals surface area contributed by atoms with Crippen molar-refractivity contribution in [3.05, 3.63) is 29.3 Å². The summed E-state index contributed by atoms with van der Waals surface area (Å²) in [5, 5.41) is 0.609. The van der Waals surface area contributed by atoms with E-state index < -0.39 is 5.41 Å². The number of likely N-dealkylation sites (tertiary alicyclic amines) is 1. The number of benzene rings is 1. The fourth-order valence-corrected chi connectivity index (χ4v) is 4.48. The maximum absolute atomic E-state index is 13.2. The van der Waals surface area contributed by atoms with Crippen LogP contribution in [0.15, 0.2) is 24.3 Å². The van der Waals surface area contributed by atoms with Crippen LogP contribution in [0.1, 0.15) is 26.2 Å². The Balaban J connectivity index is 1.72. The van der Waals surface area contributed by atoms with Gasteiger partial charge in [-0.05, 0) is 45.0 Å². The van der Waals surface area contributed by atoms with Gasteiger partial charge in [0.1, 0.15) is 12.4 Å². The van der Waals surface area contributed by atoms with E-state index in [2.05, 4.69) is 11.9 Å². The molecule has 1 aromatic carbocycles. The predicted octanol–water partition coefficient (Wildman–Crippen LogP) is 2.53. The monoisotopic (exact) mass is 451 g/mol. The SMILES string of the molecule is CCOCC(=O)N1CCC[C@@](COc2cccc(Cl)c2)(CC(=O)N2CCN(C)CC2)C1. The first-order valence-electron chi connectivity index (χ1n) is 11.1. The van der Waals surface area contributed by atoms with E-state index in [4.69, 9.17) is 21.1 Å². The molecule has 2 fully saturated rings. The summed E-state index contributed by atoms with van der Waals surface area (Å²) in [7, 11) is 2.07. The molecule has 172 valence electrons. The van der Waals surface area contributed by atoms with E-state index in [0.29, 0.717) is 43.5 Å². The van der Waals surface area contributed by atoms with Gasteiger partial charge in [0, 0.05) is 62.7 Å². The van der Waals surface area contributed by atoms with Gasteiger partial charge in [-0.2, -0.15) is 0 Å². The van der Waals surface area contributed by atoms with Crippen LogP contribution in [-0.2, 0) is 14.3 Å². The summed E-state index contributed by atoms with van der Waals surface area (Å²) in [5.74, 6) is 0.791. The van der Waals surface area contributed by atoms with Crippen LogP contribution in [0, 0.1) is 5.41 Å². The topological polar surface area (TPSA) is 62.3 Å². The molecule has 0 aliphatic carbocycles. The molecule has 0 N–H and O–H groups in total. The lowest BCUT2D eigenvalue weighted by atomic mass is 9.77. The first kappa shape index (κ1) is 23.8. The Morgan fingerprint density at radius 1 is 1.10 bits per heavy atom. The predicted molar refractivity (Wildman–Crippen MR) is 120 cm³/mol. The number of halogens is 1. The molecule has 1 aromatic rings. The maximum Gasteiger partial charge on any atom is 0.248 e. The molecular formula is C23H34ClN3O4. The molecule has 8 heteroatoms. The van der Waals surface area contributed by atoms with Crippen molar-refractivity contribution >= 4 is 23.4 Å². The molecule has 0 saturated carbocycles. The normalized spacial score (nSPS) is 22.4. The Hall–Kier alpha value is -1.83. The van der Waals surface area contributed by atoms with Gasteiger partial charge in [-0.3, -0.25) is 9.59 Å². The van der Waals surface area contributed by atoms with Gasteiger partial charge >= 0.3 is 0 Å². The van der Waals surface area contributed by atoms with Crippen LogP contribution in [0.5, 0.6) is 5.75 Å². The third kappa shape index (κ3) is 6.82. The lowest BCUT2D eigenvalue weighted by Gasteiger charge is -2.43. The standard InChI is InChI=1S/C23H34ClN3O4/c1-3-30-16-22(29)27-9-5-8-23(17-27,18-31-20-7-4-6-19(24)14-20)15-21(28)26-12-10-25(2)11-13-26/h4,6-7,14H,3,5,8-13,15-18H2,1-2H3/t23-/m1/s1. The number of carbonyl (C=O) groups excluding carboxylic acids is 2. The van der Waals surface area contributed by atoms with E-state index in [0.717, 1.165) is 39.0 Å². The number of ether oxygens (including phenoxy) is 2. The molecule has 31 heavy (non-hydrogen) atoms. The number of piperidine rings is 1. The zero-order valence-corrected chi connectivity index (χ0v) is 19.4. The molecule has 3 rings (SSSR count). The lowest BCUT2D eigenvalue weighted by molar-refractivity contribution is -0.145. The Morgan fingerprint density at radius 3 is 2.58 bits per heavy atom.